The Morgan fingerprint density at radius 3 is 1.64 bits per heavy atom. The quantitative estimate of drug-likeness (QED) is 0.572. The van der Waals surface area contributed by atoms with Crippen molar-refractivity contribution < 1.29 is 21.6 Å². The third kappa shape index (κ3) is 4.79. The zero-order chi connectivity index (χ0) is 20.2. The Labute approximate surface area is 162 Å². The topological polar surface area (TPSA) is 37.4 Å². The van der Waals surface area contributed by atoms with Gasteiger partial charge in [-0.1, -0.05) is 60.7 Å². The number of benzene rings is 3. The highest BCUT2D eigenvalue weighted by atomic mass is 32.2. The summed E-state index contributed by atoms with van der Waals surface area (Å²) in [7, 11) is -3.82. The molecular weight excluding hydrogens is 387 g/mol. The second-order valence-corrected chi connectivity index (χ2v) is 8.20. The molecule has 0 heterocycles. The zero-order valence-corrected chi connectivity index (χ0v) is 15.6. The van der Waals surface area contributed by atoms with Gasteiger partial charge in [0.05, 0.1) is 10.5 Å². The van der Waals surface area contributed by atoms with E-state index in [4.69, 9.17) is 0 Å². The normalized spacial score (nSPS) is 12.3. The molecule has 0 N–H and O–H groups in total. The largest absolute Gasteiger partial charge is 0.416 e. The minimum atomic E-state index is -4.43. The van der Waals surface area contributed by atoms with Crippen LogP contribution >= 0.6 is 0 Å². The monoisotopic (exact) mass is 405 g/mol. The maximum atomic E-state index is 13.1. The summed E-state index contributed by atoms with van der Waals surface area (Å²) in [5.41, 5.74) is 0.495. The van der Waals surface area contributed by atoms with Crippen LogP contribution in [0.1, 0.15) is 16.7 Å². The van der Waals surface area contributed by atoms with Gasteiger partial charge in [0, 0.05) is 13.1 Å². The van der Waals surface area contributed by atoms with E-state index in [0.717, 1.165) is 17.7 Å². The molecule has 0 atom stereocenters. The van der Waals surface area contributed by atoms with Crippen LogP contribution in [0, 0.1) is 0 Å². The van der Waals surface area contributed by atoms with Crippen molar-refractivity contribution in [3.63, 3.8) is 0 Å². The Morgan fingerprint density at radius 1 is 0.679 bits per heavy atom. The molecule has 0 saturated carbocycles. The molecule has 3 aromatic rings. The van der Waals surface area contributed by atoms with Crippen molar-refractivity contribution in [2.75, 3.05) is 0 Å². The number of sulfonamides is 1. The average molecular weight is 405 g/mol. The van der Waals surface area contributed by atoms with Gasteiger partial charge >= 0.3 is 6.18 Å². The lowest BCUT2D eigenvalue weighted by Gasteiger charge is -2.23. The summed E-state index contributed by atoms with van der Waals surface area (Å²) < 4.78 is 65.8. The molecule has 146 valence electrons. The lowest BCUT2D eigenvalue weighted by atomic mass is 10.1. The van der Waals surface area contributed by atoms with Crippen LogP contribution in [0.2, 0.25) is 0 Å². The van der Waals surface area contributed by atoms with Gasteiger partial charge in [-0.2, -0.15) is 17.5 Å². The maximum absolute atomic E-state index is 13.1. The Morgan fingerprint density at radius 2 is 1.14 bits per heavy atom. The number of hydrogen-bond donors (Lipinski definition) is 0. The Bertz CT molecular complexity index is 1000. The molecule has 0 aliphatic carbocycles. The fourth-order valence-electron chi connectivity index (χ4n) is 2.76. The molecular formula is C21H18F3NO2S. The summed E-state index contributed by atoms with van der Waals surface area (Å²) in [6.45, 7) is 0.0728. The van der Waals surface area contributed by atoms with Crippen molar-refractivity contribution >= 4 is 10.0 Å². The number of halogens is 3. The van der Waals surface area contributed by atoms with Crippen LogP contribution in [0.4, 0.5) is 13.2 Å². The number of hydrogen-bond acceptors (Lipinski definition) is 2. The molecule has 0 spiro atoms. The first-order valence-corrected chi connectivity index (χ1v) is 9.96. The smallest absolute Gasteiger partial charge is 0.207 e. The summed E-state index contributed by atoms with van der Waals surface area (Å²) in [6.07, 6.45) is -4.43. The van der Waals surface area contributed by atoms with Gasteiger partial charge in [0.15, 0.2) is 0 Å². The first kappa shape index (κ1) is 20.1. The van der Waals surface area contributed by atoms with E-state index in [2.05, 4.69) is 0 Å². The molecule has 0 unspecified atom stereocenters. The predicted octanol–water partition coefficient (Wildman–Crippen LogP) is 5.10. The summed E-state index contributed by atoms with van der Waals surface area (Å²) in [5, 5.41) is 0. The van der Waals surface area contributed by atoms with E-state index in [1.165, 1.54) is 28.6 Å². The summed E-state index contributed by atoms with van der Waals surface area (Å²) in [5.74, 6) is 0. The van der Waals surface area contributed by atoms with Crippen LogP contribution in [0.3, 0.4) is 0 Å². The Kier molecular flexibility index (Phi) is 5.86. The highest BCUT2D eigenvalue weighted by Crippen LogP contribution is 2.29. The molecule has 0 aliphatic heterocycles. The van der Waals surface area contributed by atoms with Gasteiger partial charge in [-0.15, -0.1) is 0 Å². The standard InChI is InChI=1S/C21H18F3NO2S/c22-21(23,24)19-13-11-18(12-14-19)16-25(15-17-7-3-1-4-8-17)28(26,27)20-9-5-2-6-10-20/h1-14H,15-16H2. The number of nitrogens with zero attached hydrogens (tertiary/aromatic N) is 1. The third-order valence-corrected chi connectivity index (χ3v) is 6.03. The van der Waals surface area contributed by atoms with E-state index >= 15 is 0 Å². The van der Waals surface area contributed by atoms with E-state index in [1.54, 1.807) is 42.5 Å². The van der Waals surface area contributed by atoms with E-state index < -0.39 is 21.8 Å². The lowest BCUT2D eigenvalue weighted by molar-refractivity contribution is -0.137. The van der Waals surface area contributed by atoms with Gasteiger partial charge < -0.3 is 0 Å². The molecule has 0 radical (unpaired) electrons. The van der Waals surface area contributed by atoms with Gasteiger partial charge in [-0.05, 0) is 35.4 Å². The van der Waals surface area contributed by atoms with Crippen molar-refractivity contribution in [1.29, 1.82) is 0 Å². The van der Waals surface area contributed by atoms with Crippen molar-refractivity contribution in [3.8, 4) is 0 Å². The van der Waals surface area contributed by atoms with Gasteiger partial charge in [0.2, 0.25) is 10.0 Å². The molecule has 0 saturated heterocycles. The first-order chi connectivity index (χ1) is 13.3. The molecule has 0 aliphatic rings. The molecule has 3 rings (SSSR count). The van der Waals surface area contributed by atoms with Gasteiger partial charge in [0.1, 0.15) is 0 Å². The van der Waals surface area contributed by atoms with E-state index in [9.17, 15) is 21.6 Å². The molecule has 0 amide bonds. The summed E-state index contributed by atoms with van der Waals surface area (Å²) >= 11 is 0. The van der Waals surface area contributed by atoms with Crippen LogP contribution in [0.25, 0.3) is 0 Å². The number of rotatable bonds is 6. The van der Waals surface area contributed by atoms with Crippen molar-refractivity contribution in [3.05, 3.63) is 102 Å². The van der Waals surface area contributed by atoms with Crippen molar-refractivity contribution in [1.82, 2.24) is 4.31 Å². The van der Waals surface area contributed by atoms with Crippen LogP contribution in [0.5, 0.6) is 0 Å². The van der Waals surface area contributed by atoms with Crippen LogP contribution in [-0.2, 0) is 29.3 Å². The predicted molar refractivity (Wildman–Crippen MR) is 101 cm³/mol. The molecule has 7 heteroatoms. The molecule has 0 aromatic heterocycles. The summed E-state index contributed by atoms with van der Waals surface area (Å²) in [6, 6.07) is 21.6. The molecule has 0 bridgehead atoms. The van der Waals surface area contributed by atoms with E-state index in [1.807, 2.05) is 6.07 Å². The Balaban J connectivity index is 1.92. The van der Waals surface area contributed by atoms with Crippen LogP contribution < -0.4 is 0 Å². The fraction of sp³-hybridized carbons (Fsp3) is 0.143. The SMILES string of the molecule is O=S(=O)(c1ccccc1)N(Cc1ccccc1)Cc1ccc(C(F)(F)F)cc1. The summed E-state index contributed by atoms with van der Waals surface area (Å²) in [4.78, 5) is 0.137. The average Bonchev–Trinajstić information content (AvgIpc) is 2.69. The van der Waals surface area contributed by atoms with Crippen LogP contribution in [-0.4, -0.2) is 12.7 Å². The molecule has 28 heavy (non-hydrogen) atoms. The highest BCUT2D eigenvalue weighted by Gasteiger charge is 2.30. The van der Waals surface area contributed by atoms with Gasteiger partial charge in [-0.3, -0.25) is 0 Å². The second kappa shape index (κ2) is 8.16. The maximum Gasteiger partial charge on any atom is 0.416 e. The Hall–Kier alpha value is -2.64. The van der Waals surface area contributed by atoms with E-state index in [-0.39, 0.29) is 18.0 Å². The first-order valence-electron chi connectivity index (χ1n) is 8.52. The highest BCUT2D eigenvalue weighted by molar-refractivity contribution is 7.89. The zero-order valence-electron chi connectivity index (χ0n) is 14.8. The van der Waals surface area contributed by atoms with Crippen molar-refractivity contribution in [2.45, 2.75) is 24.2 Å². The van der Waals surface area contributed by atoms with Gasteiger partial charge in [0.25, 0.3) is 0 Å². The van der Waals surface area contributed by atoms with Crippen LogP contribution in [0.15, 0.2) is 89.8 Å². The number of alkyl halides is 3. The fourth-order valence-corrected chi connectivity index (χ4v) is 4.19. The lowest BCUT2D eigenvalue weighted by Crippen LogP contribution is -2.30. The molecule has 3 aromatic carbocycles. The van der Waals surface area contributed by atoms with Gasteiger partial charge in [-0.25, -0.2) is 8.42 Å². The van der Waals surface area contributed by atoms with Crippen molar-refractivity contribution in [2.24, 2.45) is 0 Å². The second-order valence-electron chi connectivity index (χ2n) is 6.27. The third-order valence-electron chi connectivity index (χ3n) is 4.22. The minimum absolute atomic E-state index is 0.0374. The molecule has 0 fully saturated rings. The van der Waals surface area contributed by atoms with E-state index in [0.29, 0.717) is 5.56 Å². The minimum Gasteiger partial charge on any atom is -0.207 e. The molecule has 3 nitrogen and oxygen atoms in total.